The van der Waals surface area contributed by atoms with Gasteiger partial charge in [0.05, 0.1) is 6.61 Å². The lowest BCUT2D eigenvalue weighted by molar-refractivity contribution is 0.297. The first kappa shape index (κ1) is 16.6. The van der Waals surface area contributed by atoms with Gasteiger partial charge in [0.2, 0.25) is 0 Å². The molecule has 3 nitrogen and oxygen atoms in total. The fraction of sp³-hybridized carbons (Fsp3) is 0.647. The molecule has 0 aromatic heterocycles. The van der Waals surface area contributed by atoms with Crippen molar-refractivity contribution in [3.8, 4) is 0 Å². The number of aliphatic hydroxyl groups excluding tert-OH is 1. The molecule has 0 unspecified atom stereocenters. The normalized spacial score (nSPS) is 15.9. The van der Waals surface area contributed by atoms with Crippen molar-refractivity contribution in [1.29, 1.82) is 0 Å². The van der Waals surface area contributed by atoms with E-state index < -0.39 is 0 Å². The van der Waals surface area contributed by atoms with Gasteiger partial charge in [0.25, 0.3) is 0 Å². The Balaban J connectivity index is 2.27. The Bertz CT molecular complexity index is 444. The minimum atomic E-state index is 0.181. The average molecular weight is 311 g/mol. The van der Waals surface area contributed by atoms with Crippen LogP contribution in [-0.2, 0) is 6.54 Å². The third kappa shape index (κ3) is 4.35. The Kier molecular flexibility index (Phi) is 6.34. The molecule has 0 bridgehead atoms. The van der Waals surface area contributed by atoms with Gasteiger partial charge in [-0.15, -0.1) is 0 Å². The van der Waals surface area contributed by atoms with Gasteiger partial charge >= 0.3 is 0 Å². The fourth-order valence-corrected chi connectivity index (χ4v) is 3.36. The van der Waals surface area contributed by atoms with Crippen LogP contribution in [0.15, 0.2) is 18.2 Å². The summed E-state index contributed by atoms with van der Waals surface area (Å²) in [5.74, 6) is 0. The minimum Gasteiger partial charge on any atom is -0.395 e. The second kappa shape index (κ2) is 8.02. The molecule has 4 heteroatoms. The Hall–Kier alpha value is -0.770. The smallest absolute Gasteiger partial charge is 0.0606 e. The van der Waals surface area contributed by atoms with Crippen molar-refractivity contribution < 1.29 is 5.11 Å². The molecule has 118 valence electrons. The summed E-state index contributed by atoms with van der Waals surface area (Å²) in [6.45, 7) is 5.90. The zero-order valence-electron chi connectivity index (χ0n) is 13.1. The lowest BCUT2D eigenvalue weighted by Crippen LogP contribution is -2.37. The van der Waals surface area contributed by atoms with Crippen LogP contribution in [0.25, 0.3) is 0 Å². The monoisotopic (exact) mass is 310 g/mol. The van der Waals surface area contributed by atoms with Gasteiger partial charge in [-0.05, 0) is 25.0 Å². The van der Waals surface area contributed by atoms with Gasteiger partial charge in [0.1, 0.15) is 0 Å². The van der Waals surface area contributed by atoms with Crippen LogP contribution in [-0.4, -0.2) is 30.3 Å². The van der Waals surface area contributed by atoms with E-state index >= 15 is 0 Å². The van der Waals surface area contributed by atoms with E-state index in [9.17, 15) is 5.11 Å². The number of halogens is 1. The summed E-state index contributed by atoms with van der Waals surface area (Å²) in [7, 11) is 0. The first-order valence-corrected chi connectivity index (χ1v) is 8.39. The van der Waals surface area contributed by atoms with E-state index in [1.807, 2.05) is 12.1 Å². The molecule has 1 aliphatic carbocycles. The molecule has 0 amide bonds. The summed E-state index contributed by atoms with van der Waals surface area (Å²) in [6.07, 6.45) is 4.99. The number of benzene rings is 1. The quantitative estimate of drug-likeness (QED) is 0.808. The number of nitrogens with one attached hydrogen (secondary N) is 1. The van der Waals surface area contributed by atoms with Gasteiger partial charge in [-0.25, -0.2) is 0 Å². The summed E-state index contributed by atoms with van der Waals surface area (Å²) >= 11 is 6.43. The van der Waals surface area contributed by atoms with Gasteiger partial charge in [-0.1, -0.05) is 44.4 Å². The zero-order valence-corrected chi connectivity index (χ0v) is 13.9. The number of nitrogens with zero attached hydrogens (tertiary/aromatic N) is 1. The van der Waals surface area contributed by atoms with E-state index in [4.69, 9.17) is 11.6 Å². The topological polar surface area (TPSA) is 35.5 Å². The molecular formula is C17H27ClN2O. The van der Waals surface area contributed by atoms with Crippen LogP contribution in [0, 0.1) is 0 Å². The highest BCUT2D eigenvalue weighted by molar-refractivity contribution is 6.31. The molecule has 0 radical (unpaired) electrons. The molecular weight excluding hydrogens is 284 g/mol. The molecule has 0 saturated heterocycles. The largest absolute Gasteiger partial charge is 0.395 e. The first-order valence-electron chi connectivity index (χ1n) is 8.01. The van der Waals surface area contributed by atoms with Gasteiger partial charge in [0.15, 0.2) is 0 Å². The summed E-state index contributed by atoms with van der Waals surface area (Å²) in [5.41, 5.74) is 2.32. The van der Waals surface area contributed by atoms with E-state index in [1.54, 1.807) is 0 Å². The molecule has 0 aliphatic heterocycles. The van der Waals surface area contributed by atoms with Gasteiger partial charge in [-0.2, -0.15) is 0 Å². The minimum absolute atomic E-state index is 0.181. The third-order valence-corrected chi connectivity index (χ3v) is 4.55. The first-order chi connectivity index (χ1) is 10.1. The number of aliphatic hydroxyl groups is 1. The SMILES string of the molecule is CC(C)NCc1c(Cl)cccc1N(CCO)C1CCCC1. The van der Waals surface area contributed by atoms with Crippen molar-refractivity contribution in [3.63, 3.8) is 0 Å². The van der Waals surface area contributed by atoms with Crippen LogP contribution in [0.5, 0.6) is 0 Å². The van der Waals surface area contributed by atoms with Crippen molar-refractivity contribution >= 4 is 17.3 Å². The number of hydrogen-bond acceptors (Lipinski definition) is 3. The van der Waals surface area contributed by atoms with E-state index in [1.165, 1.54) is 31.4 Å². The number of anilines is 1. The van der Waals surface area contributed by atoms with Gasteiger partial charge in [-0.3, -0.25) is 0 Å². The Labute approximate surface area is 133 Å². The predicted octanol–water partition coefficient (Wildman–Crippen LogP) is 3.58. The molecule has 1 aromatic rings. The molecule has 0 atom stereocenters. The van der Waals surface area contributed by atoms with Crippen LogP contribution >= 0.6 is 11.6 Å². The van der Waals surface area contributed by atoms with Gasteiger partial charge < -0.3 is 15.3 Å². The van der Waals surface area contributed by atoms with Crippen molar-refractivity contribution in [2.75, 3.05) is 18.1 Å². The highest BCUT2D eigenvalue weighted by atomic mass is 35.5. The summed E-state index contributed by atoms with van der Waals surface area (Å²) in [6, 6.07) is 7.06. The van der Waals surface area contributed by atoms with Crippen LogP contribution in [0.4, 0.5) is 5.69 Å². The van der Waals surface area contributed by atoms with Gasteiger partial charge in [0, 0.05) is 41.4 Å². The van der Waals surface area contributed by atoms with Crippen molar-refractivity contribution in [3.05, 3.63) is 28.8 Å². The van der Waals surface area contributed by atoms with Crippen molar-refractivity contribution in [2.45, 2.75) is 58.2 Å². The molecule has 1 saturated carbocycles. The summed E-state index contributed by atoms with van der Waals surface area (Å²) in [5, 5.41) is 13.7. The summed E-state index contributed by atoms with van der Waals surface area (Å²) in [4.78, 5) is 2.36. The third-order valence-electron chi connectivity index (χ3n) is 4.20. The predicted molar refractivity (Wildman–Crippen MR) is 90.1 cm³/mol. The molecule has 0 spiro atoms. The molecule has 0 heterocycles. The standard InChI is InChI=1S/C17H27ClN2O/c1-13(2)19-12-15-16(18)8-5-9-17(15)20(10-11-21)14-6-3-4-7-14/h5,8-9,13-14,19,21H,3-4,6-7,10-12H2,1-2H3. The lowest BCUT2D eigenvalue weighted by Gasteiger charge is -2.33. The fourth-order valence-electron chi connectivity index (χ4n) is 3.12. The molecule has 2 rings (SSSR count). The maximum absolute atomic E-state index is 9.45. The molecule has 21 heavy (non-hydrogen) atoms. The number of hydrogen-bond donors (Lipinski definition) is 2. The van der Waals surface area contributed by atoms with Crippen LogP contribution in [0.2, 0.25) is 5.02 Å². The Morgan fingerprint density at radius 1 is 1.33 bits per heavy atom. The lowest BCUT2D eigenvalue weighted by atomic mass is 10.1. The highest BCUT2D eigenvalue weighted by Crippen LogP contribution is 2.33. The molecule has 1 fully saturated rings. The van der Waals surface area contributed by atoms with E-state index in [-0.39, 0.29) is 6.61 Å². The van der Waals surface area contributed by atoms with Crippen LogP contribution in [0.3, 0.4) is 0 Å². The second-order valence-electron chi connectivity index (χ2n) is 6.13. The van der Waals surface area contributed by atoms with E-state index in [0.717, 1.165) is 17.1 Å². The number of rotatable bonds is 7. The van der Waals surface area contributed by atoms with E-state index in [2.05, 4.69) is 30.1 Å². The Morgan fingerprint density at radius 2 is 2.05 bits per heavy atom. The van der Waals surface area contributed by atoms with Crippen molar-refractivity contribution in [2.24, 2.45) is 0 Å². The van der Waals surface area contributed by atoms with Crippen LogP contribution in [0.1, 0.15) is 45.1 Å². The molecule has 1 aromatic carbocycles. The maximum atomic E-state index is 9.45. The second-order valence-corrected chi connectivity index (χ2v) is 6.54. The average Bonchev–Trinajstić information content (AvgIpc) is 2.97. The molecule has 1 aliphatic rings. The maximum Gasteiger partial charge on any atom is 0.0606 e. The van der Waals surface area contributed by atoms with Crippen molar-refractivity contribution in [1.82, 2.24) is 5.32 Å². The van der Waals surface area contributed by atoms with E-state index in [0.29, 0.717) is 18.6 Å². The zero-order chi connectivity index (χ0) is 15.2. The van der Waals surface area contributed by atoms with Crippen LogP contribution < -0.4 is 10.2 Å². The molecule has 2 N–H and O–H groups in total. The Morgan fingerprint density at radius 3 is 2.67 bits per heavy atom. The summed E-state index contributed by atoms with van der Waals surface area (Å²) < 4.78 is 0. The highest BCUT2D eigenvalue weighted by Gasteiger charge is 2.24.